The molecule has 0 N–H and O–H groups in total. The number of aromatic nitrogens is 1. The maximum absolute atomic E-state index is 12.7. The zero-order valence-electron chi connectivity index (χ0n) is 12.6. The van der Waals surface area contributed by atoms with E-state index in [0.717, 1.165) is 0 Å². The van der Waals surface area contributed by atoms with Crippen molar-refractivity contribution in [3.63, 3.8) is 0 Å². The molecular formula is C14H17F3N4O2. The maximum Gasteiger partial charge on any atom is 0.401 e. The first-order chi connectivity index (χ1) is 10.8. The molecule has 2 unspecified atom stereocenters. The quantitative estimate of drug-likeness (QED) is 0.629. The van der Waals surface area contributed by atoms with Gasteiger partial charge in [-0.25, -0.2) is 4.98 Å². The number of aryl methyl sites for hydroxylation is 1. The van der Waals surface area contributed by atoms with Crippen LogP contribution in [0.15, 0.2) is 12.3 Å². The molecule has 2 atom stereocenters. The van der Waals surface area contributed by atoms with E-state index in [1.54, 1.807) is 17.9 Å². The van der Waals surface area contributed by atoms with Gasteiger partial charge in [0.25, 0.3) is 0 Å². The van der Waals surface area contributed by atoms with E-state index in [2.05, 4.69) is 4.98 Å². The molecule has 2 aliphatic heterocycles. The molecule has 0 spiro atoms. The summed E-state index contributed by atoms with van der Waals surface area (Å²) in [5, 5.41) is 11.3. The van der Waals surface area contributed by atoms with E-state index in [-0.39, 0.29) is 23.6 Å². The molecule has 9 heteroatoms. The van der Waals surface area contributed by atoms with Crippen molar-refractivity contribution in [2.45, 2.75) is 38.0 Å². The Kier molecular flexibility index (Phi) is 3.91. The van der Waals surface area contributed by atoms with Gasteiger partial charge in [-0.05, 0) is 25.8 Å². The van der Waals surface area contributed by atoms with Gasteiger partial charge in [-0.1, -0.05) is 0 Å². The predicted octanol–water partition coefficient (Wildman–Crippen LogP) is 2.51. The summed E-state index contributed by atoms with van der Waals surface area (Å²) < 4.78 is 38.1. The number of hydrogen-bond donors (Lipinski definition) is 0. The number of alkyl halides is 3. The fraction of sp³-hybridized carbons (Fsp3) is 0.643. The summed E-state index contributed by atoms with van der Waals surface area (Å²) in [6.07, 6.45) is -1.37. The third-order valence-electron chi connectivity index (χ3n) is 4.58. The molecular weight excluding hydrogens is 313 g/mol. The average Bonchev–Trinajstić information content (AvgIpc) is 2.68. The topological polar surface area (TPSA) is 62.5 Å². The molecule has 0 aliphatic carbocycles. The van der Waals surface area contributed by atoms with Crippen molar-refractivity contribution < 1.29 is 18.1 Å². The molecule has 0 saturated carbocycles. The van der Waals surface area contributed by atoms with Crippen LogP contribution in [0.1, 0.15) is 18.4 Å². The van der Waals surface area contributed by atoms with Gasteiger partial charge in [0.15, 0.2) is 0 Å². The highest BCUT2D eigenvalue weighted by molar-refractivity contribution is 5.62. The molecule has 6 nitrogen and oxygen atoms in total. The van der Waals surface area contributed by atoms with Crippen molar-refractivity contribution in [3.8, 4) is 0 Å². The fourth-order valence-electron chi connectivity index (χ4n) is 3.62. The molecule has 2 bridgehead atoms. The number of pyridine rings is 1. The smallest absolute Gasteiger partial charge is 0.348 e. The first-order valence-electron chi connectivity index (χ1n) is 7.43. The summed E-state index contributed by atoms with van der Waals surface area (Å²) in [6.45, 7) is 1.39. The molecule has 3 heterocycles. The van der Waals surface area contributed by atoms with E-state index in [1.807, 2.05) is 0 Å². The van der Waals surface area contributed by atoms with Crippen LogP contribution in [0, 0.1) is 17.0 Å². The lowest BCUT2D eigenvalue weighted by Gasteiger charge is -2.41. The Bertz CT molecular complexity index is 609. The first-order valence-corrected chi connectivity index (χ1v) is 7.43. The average molecular weight is 330 g/mol. The van der Waals surface area contributed by atoms with E-state index in [1.165, 1.54) is 11.1 Å². The Morgan fingerprint density at radius 2 is 1.96 bits per heavy atom. The summed E-state index contributed by atoms with van der Waals surface area (Å²) in [6, 6.07) is 1.09. The van der Waals surface area contributed by atoms with Gasteiger partial charge in [0, 0.05) is 36.9 Å². The molecule has 3 rings (SSSR count). The molecule has 1 aromatic heterocycles. The van der Waals surface area contributed by atoms with E-state index in [9.17, 15) is 23.3 Å². The standard InChI is InChI=1S/C14H17F3N4O2/c1-9-4-5-18-13(12(9)21(22)23)19-6-10-2-3-11(7-19)20(10)8-14(15,16)17/h4-5,10-11H,2-3,6-8H2,1H3. The van der Waals surface area contributed by atoms with Crippen LogP contribution >= 0.6 is 0 Å². The van der Waals surface area contributed by atoms with Crippen molar-refractivity contribution in [3.05, 3.63) is 27.9 Å². The van der Waals surface area contributed by atoms with Crippen molar-refractivity contribution in [1.29, 1.82) is 0 Å². The number of nitro groups is 1. The molecule has 23 heavy (non-hydrogen) atoms. The molecule has 0 amide bonds. The third-order valence-corrected chi connectivity index (χ3v) is 4.58. The van der Waals surface area contributed by atoms with E-state index >= 15 is 0 Å². The Morgan fingerprint density at radius 3 is 2.48 bits per heavy atom. The SMILES string of the molecule is Cc1ccnc(N2CC3CCC(C2)N3CC(F)(F)F)c1[N+](=O)[O-]. The zero-order chi connectivity index (χ0) is 16.8. The highest BCUT2D eigenvalue weighted by Crippen LogP contribution is 2.37. The van der Waals surface area contributed by atoms with Gasteiger partial charge < -0.3 is 4.90 Å². The molecule has 2 saturated heterocycles. The van der Waals surface area contributed by atoms with Crippen LogP contribution in [0.2, 0.25) is 0 Å². The minimum atomic E-state index is -4.23. The second-order valence-electron chi connectivity index (χ2n) is 6.13. The van der Waals surface area contributed by atoms with Crippen LogP contribution in [0.4, 0.5) is 24.7 Å². The Morgan fingerprint density at radius 1 is 1.35 bits per heavy atom. The second-order valence-corrected chi connectivity index (χ2v) is 6.13. The number of fused-ring (bicyclic) bond motifs is 2. The van der Waals surface area contributed by atoms with E-state index in [4.69, 9.17) is 0 Å². The Balaban J connectivity index is 1.84. The van der Waals surface area contributed by atoms with Crippen LogP contribution in [0.5, 0.6) is 0 Å². The minimum Gasteiger partial charge on any atom is -0.348 e. The van der Waals surface area contributed by atoms with Crippen LogP contribution in [0.3, 0.4) is 0 Å². The van der Waals surface area contributed by atoms with Gasteiger partial charge in [0.1, 0.15) is 0 Å². The normalized spacial score (nSPS) is 25.0. The monoisotopic (exact) mass is 330 g/mol. The molecule has 2 aliphatic rings. The van der Waals surface area contributed by atoms with Gasteiger partial charge in [-0.2, -0.15) is 13.2 Å². The largest absolute Gasteiger partial charge is 0.401 e. The molecule has 0 radical (unpaired) electrons. The second kappa shape index (κ2) is 5.63. The number of nitrogens with zero attached hydrogens (tertiary/aromatic N) is 4. The van der Waals surface area contributed by atoms with Crippen LogP contribution in [-0.4, -0.2) is 52.7 Å². The van der Waals surface area contributed by atoms with Crippen LogP contribution in [0.25, 0.3) is 0 Å². The number of halogens is 3. The summed E-state index contributed by atoms with van der Waals surface area (Å²) >= 11 is 0. The molecule has 2 fully saturated rings. The summed E-state index contributed by atoms with van der Waals surface area (Å²) in [4.78, 5) is 18.2. The summed E-state index contributed by atoms with van der Waals surface area (Å²) in [7, 11) is 0. The molecule has 0 aromatic carbocycles. The van der Waals surface area contributed by atoms with Gasteiger partial charge in [-0.15, -0.1) is 0 Å². The molecule has 126 valence electrons. The van der Waals surface area contributed by atoms with Gasteiger partial charge >= 0.3 is 11.9 Å². The van der Waals surface area contributed by atoms with E-state index < -0.39 is 17.6 Å². The first kappa shape index (κ1) is 16.0. The van der Waals surface area contributed by atoms with Gasteiger partial charge in [-0.3, -0.25) is 15.0 Å². The van der Waals surface area contributed by atoms with Crippen LogP contribution < -0.4 is 4.90 Å². The number of rotatable bonds is 3. The Labute approximate surface area is 131 Å². The van der Waals surface area contributed by atoms with Crippen molar-refractivity contribution >= 4 is 11.5 Å². The molecule has 1 aromatic rings. The van der Waals surface area contributed by atoms with E-state index in [0.29, 0.717) is 31.5 Å². The third kappa shape index (κ3) is 3.10. The fourth-order valence-corrected chi connectivity index (χ4v) is 3.62. The van der Waals surface area contributed by atoms with Crippen molar-refractivity contribution in [1.82, 2.24) is 9.88 Å². The number of hydrogen-bond acceptors (Lipinski definition) is 5. The van der Waals surface area contributed by atoms with Gasteiger partial charge in [0.05, 0.1) is 11.5 Å². The predicted molar refractivity (Wildman–Crippen MR) is 77.4 cm³/mol. The van der Waals surface area contributed by atoms with Crippen molar-refractivity contribution in [2.75, 3.05) is 24.5 Å². The highest BCUT2D eigenvalue weighted by Gasteiger charge is 2.46. The summed E-state index contributed by atoms with van der Waals surface area (Å²) in [5.74, 6) is 0.263. The highest BCUT2D eigenvalue weighted by atomic mass is 19.4. The lowest BCUT2D eigenvalue weighted by Crippen LogP contribution is -2.56. The maximum atomic E-state index is 12.7. The van der Waals surface area contributed by atoms with Crippen molar-refractivity contribution in [2.24, 2.45) is 0 Å². The lowest BCUT2D eigenvalue weighted by molar-refractivity contribution is -0.384. The summed E-state index contributed by atoms with van der Waals surface area (Å²) in [5.41, 5.74) is 0.446. The lowest BCUT2D eigenvalue weighted by atomic mass is 10.1. The van der Waals surface area contributed by atoms with Gasteiger partial charge in [0.2, 0.25) is 5.82 Å². The number of piperazine rings is 1. The van der Waals surface area contributed by atoms with Crippen LogP contribution in [-0.2, 0) is 0 Å². The minimum absolute atomic E-state index is 0.0591. The Hall–Kier alpha value is -1.90. The zero-order valence-corrected chi connectivity index (χ0v) is 12.6. The number of anilines is 1.